The van der Waals surface area contributed by atoms with Crippen molar-refractivity contribution in [2.45, 2.75) is 0 Å². The number of nitrogens with one attached hydrogen (secondary N) is 1. The van der Waals surface area contributed by atoms with Gasteiger partial charge in [0, 0.05) is 28.6 Å². The molecule has 0 bridgehead atoms. The first-order valence-electron chi connectivity index (χ1n) is 3.98. The maximum atomic E-state index is 11.6. The first-order chi connectivity index (χ1) is 6.38. The fraction of sp³-hybridized carbons (Fsp3) is 0. The van der Waals surface area contributed by atoms with E-state index in [4.69, 9.17) is 0 Å². The van der Waals surface area contributed by atoms with Crippen molar-refractivity contribution in [2.24, 2.45) is 0 Å². The zero-order valence-corrected chi connectivity index (χ0v) is 7.75. The number of benzene rings is 1. The van der Waals surface area contributed by atoms with E-state index in [0.717, 1.165) is 10.1 Å². The first-order valence-corrected chi connectivity index (χ1v) is 5.13. The van der Waals surface area contributed by atoms with Gasteiger partial charge in [0.2, 0.25) is 4.70 Å². The van der Waals surface area contributed by atoms with Crippen LogP contribution in [0.4, 0.5) is 0 Å². The maximum Gasteiger partial charge on any atom is 0.201 e. The lowest BCUT2D eigenvalue weighted by Gasteiger charge is -1.94. The smallest absolute Gasteiger partial charge is 0.201 e. The summed E-state index contributed by atoms with van der Waals surface area (Å²) in [5.74, 6) is 0. The van der Waals surface area contributed by atoms with Crippen LogP contribution in [0.1, 0.15) is 0 Å². The summed E-state index contributed by atoms with van der Waals surface area (Å²) in [6, 6.07) is 13.3. The van der Waals surface area contributed by atoms with Crippen molar-refractivity contribution in [2.75, 3.05) is 0 Å². The second-order valence-corrected chi connectivity index (χ2v) is 3.86. The normalized spacial score (nSPS) is 11.3. The Morgan fingerprint density at radius 1 is 1.00 bits per heavy atom. The second kappa shape index (κ2) is 3.60. The van der Waals surface area contributed by atoms with Gasteiger partial charge in [-0.3, -0.25) is 0 Å². The van der Waals surface area contributed by atoms with Gasteiger partial charge in [-0.15, -0.1) is 0 Å². The molecule has 0 aliphatic carbocycles. The Bertz CT molecular complexity index is 457. The number of H-pyrrole nitrogens is 1. The van der Waals surface area contributed by atoms with Crippen LogP contribution < -0.4 is 0 Å². The molecule has 2 nitrogen and oxygen atoms in total. The summed E-state index contributed by atoms with van der Waals surface area (Å²) in [5.41, 5.74) is 0. The average molecular weight is 191 g/mol. The molecule has 1 heterocycles. The van der Waals surface area contributed by atoms with E-state index in [1.165, 1.54) is 0 Å². The highest BCUT2D eigenvalue weighted by atomic mass is 32.2. The van der Waals surface area contributed by atoms with Crippen molar-refractivity contribution in [3.8, 4) is 0 Å². The topological polar surface area (TPSA) is 38.8 Å². The van der Waals surface area contributed by atoms with Crippen molar-refractivity contribution in [3.05, 3.63) is 48.7 Å². The molecule has 1 N–H and O–H groups in total. The van der Waals surface area contributed by atoms with Crippen LogP contribution >= 0.6 is 10.9 Å². The monoisotopic (exact) mass is 191 g/mol. The Hall–Kier alpha value is -1.32. The summed E-state index contributed by atoms with van der Waals surface area (Å²) in [5, 5.41) is 0.998. The highest BCUT2D eigenvalue weighted by Gasteiger charge is 1.96. The van der Waals surface area contributed by atoms with Gasteiger partial charge in [-0.25, -0.2) is 0 Å². The molecule has 0 fully saturated rings. The van der Waals surface area contributed by atoms with Crippen LogP contribution in [0.3, 0.4) is 0 Å². The lowest BCUT2D eigenvalue weighted by Crippen LogP contribution is -1.72. The van der Waals surface area contributed by atoms with Crippen molar-refractivity contribution in [1.29, 1.82) is 0 Å². The first kappa shape index (κ1) is 8.29. The average Bonchev–Trinajstić information content (AvgIpc) is 2.14. The molecule has 0 aliphatic heterocycles. The molecule has 1 atom stereocenters. The molecule has 0 aliphatic rings. The van der Waals surface area contributed by atoms with Gasteiger partial charge in [-0.1, -0.05) is 18.2 Å². The quantitative estimate of drug-likeness (QED) is 0.639. The Morgan fingerprint density at radius 2 is 1.69 bits per heavy atom. The van der Waals surface area contributed by atoms with Crippen molar-refractivity contribution >= 4 is 21.0 Å². The van der Waals surface area contributed by atoms with Gasteiger partial charge in [-0.2, -0.15) is 4.37 Å². The fourth-order valence-electron chi connectivity index (χ4n) is 1.17. The summed E-state index contributed by atoms with van der Waals surface area (Å²) in [7, 11) is -1.13. The van der Waals surface area contributed by atoms with Gasteiger partial charge in [-0.05, 0) is 18.2 Å². The zero-order chi connectivity index (χ0) is 9.10. The molecule has 0 amide bonds. The van der Waals surface area contributed by atoms with Crippen LogP contribution in [0.25, 0.3) is 10.1 Å². The van der Waals surface area contributed by atoms with E-state index in [2.05, 4.69) is 4.37 Å². The second-order valence-electron chi connectivity index (χ2n) is 2.64. The minimum absolute atomic E-state index is 0.822. The predicted molar refractivity (Wildman–Crippen MR) is 54.6 cm³/mol. The Labute approximate surface area is 79.1 Å². The molecular weight excluding hydrogens is 182 g/mol. The van der Waals surface area contributed by atoms with Crippen molar-refractivity contribution in [1.82, 2.24) is 4.37 Å². The van der Waals surface area contributed by atoms with Crippen molar-refractivity contribution in [3.63, 3.8) is 0 Å². The third-order valence-electron chi connectivity index (χ3n) is 1.78. The number of rotatable bonds is 0. The third-order valence-corrected chi connectivity index (χ3v) is 2.90. The minimum Gasteiger partial charge on any atom is -0.570 e. The van der Waals surface area contributed by atoms with Gasteiger partial charge in [0.25, 0.3) is 0 Å². The molecule has 0 radical (unpaired) electrons. The van der Waals surface area contributed by atoms with E-state index in [1.54, 1.807) is 6.20 Å². The highest BCUT2D eigenvalue weighted by Crippen LogP contribution is 2.20. The highest BCUT2D eigenvalue weighted by molar-refractivity contribution is 7.25. The number of hydrogen-bond acceptors (Lipinski definition) is 1. The zero-order valence-electron chi connectivity index (χ0n) is 6.94. The van der Waals surface area contributed by atoms with Crippen LogP contribution in [0.2, 0.25) is 0 Å². The molecular formula is C10H9NOS. The van der Waals surface area contributed by atoms with E-state index < -0.39 is 10.9 Å². The van der Waals surface area contributed by atoms with Gasteiger partial charge < -0.3 is 4.55 Å². The molecule has 1 unspecified atom stereocenters. The van der Waals surface area contributed by atoms with E-state index in [-0.39, 0.29) is 0 Å². The molecule has 2 aromatic rings. The van der Waals surface area contributed by atoms with Crippen molar-refractivity contribution < 1.29 is 4.55 Å². The molecule has 1 aromatic heterocycles. The minimum atomic E-state index is -1.13. The molecule has 0 saturated carbocycles. The summed E-state index contributed by atoms with van der Waals surface area (Å²) >= 11 is 0. The van der Waals surface area contributed by atoms with E-state index in [1.807, 2.05) is 42.5 Å². The largest absolute Gasteiger partial charge is 0.570 e. The van der Waals surface area contributed by atoms with Gasteiger partial charge >= 0.3 is 0 Å². The predicted octanol–water partition coefficient (Wildman–Crippen LogP) is 3.02. The molecule has 13 heavy (non-hydrogen) atoms. The molecule has 3 heteroatoms. The standard InChI is InChI=1S/C10H9NOS/c12-13-10-7-2-1-5-9(10)6-3-4-8-11-13/h1-8,11H. The number of aromatic amines is 1. The number of aromatic nitrogens is 1. The Balaban J connectivity index is 2.91. The molecule has 1 aromatic carbocycles. The van der Waals surface area contributed by atoms with E-state index in [9.17, 15) is 4.55 Å². The fourth-order valence-corrected chi connectivity index (χ4v) is 2.05. The van der Waals surface area contributed by atoms with Crippen LogP contribution in [0.15, 0.2) is 48.7 Å². The summed E-state index contributed by atoms with van der Waals surface area (Å²) in [4.78, 5) is 0. The lowest BCUT2D eigenvalue weighted by molar-refractivity contribution is 0.592. The number of hydrogen-bond donors (Lipinski definition) is 1. The van der Waals surface area contributed by atoms with Crippen LogP contribution in [-0.2, 0) is 0 Å². The van der Waals surface area contributed by atoms with E-state index in [0.29, 0.717) is 0 Å². The Morgan fingerprint density at radius 3 is 2.54 bits per heavy atom. The number of fused-ring (bicyclic) bond motifs is 1. The van der Waals surface area contributed by atoms with Crippen LogP contribution in [0, 0.1) is 0 Å². The van der Waals surface area contributed by atoms with E-state index >= 15 is 0 Å². The molecule has 2 rings (SSSR count). The van der Waals surface area contributed by atoms with Crippen LogP contribution in [-0.4, -0.2) is 8.93 Å². The Kier molecular flexibility index (Phi) is 2.29. The third kappa shape index (κ3) is 1.71. The van der Waals surface area contributed by atoms with Crippen LogP contribution in [0.5, 0.6) is 0 Å². The summed E-state index contributed by atoms with van der Waals surface area (Å²) in [6.07, 6.45) is 1.68. The summed E-state index contributed by atoms with van der Waals surface area (Å²) in [6.45, 7) is 0. The summed E-state index contributed by atoms with van der Waals surface area (Å²) < 4.78 is 15.2. The lowest BCUT2D eigenvalue weighted by atomic mass is 10.2. The molecule has 0 saturated heterocycles. The van der Waals surface area contributed by atoms with Gasteiger partial charge in [0.15, 0.2) is 0 Å². The van der Waals surface area contributed by atoms with Gasteiger partial charge in [0.05, 0.1) is 0 Å². The molecule has 0 spiro atoms. The SMILES string of the molecule is [O-][s+]1[nH]ccccc2ccccc21. The molecule has 66 valence electrons. The van der Waals surface area contributed by atoms with Gasteiger partial charge in [0.1, 0.15) is 0 Å². The maximum absolute atomic E-state index is 11.6.